The molecule has 0 bridgehead atoms. The number of ether oxygens (including phenoxy) is 2. The van der Waals surface area contributed by atoms with Crippen LogP contribution in [0.1, 0.15) is 69.0 Å². The molecule has 0 N–H and O–H groups in total. The van der Waals surface area contributed by atoms with Gasteiger partial charge in [-0.1, -0.05) is 36.9 Å². The Morgan fingerprint density at radius 1 is 1.14 bits per heavy atom. The van der Waals surface area contributed by atoms with Gasteiger partial charge in [-0.3, -0.25) is 4.98 Å². The molecule has 29 heavy (non-hydrogen) atoms. The second-order valence-electron chi connectivity index (χ2n) is 8.70. The molecule has 1 saturated carbocycles. The van der Waals surface area contributed by atoms with Gasteiger partial charge in [-0.2, -0.15) is 0 Å². The van der Waals surface area contributed by atoms with Gasteiger partial charge in [-0.25, -0.2) is 4.98 Å². The fourth-order valence-electron chi connectivity index (χ4n) is 5.34. The van der Waals surface area contributed by atoms with E-state index in [1.807, 2.05) is 24.5 Å². The first-order valence-electron chi connectivity index (χ1n) is 10.9. The monoisotopic (exact) mass is 414 g/mol. The van der Waals surface area contributed by atoms with Crippen molar-refractivity contribution in [2.75, 3.05) is 13.7 Å². The maximum atomic E-state index is 6.35. The molecule has 1 aliphatic heterocycles. The van der Waals surface area contributed by atoms with Crippen LogP contribution in [0.15, 0.2) is 36.7 Å². The van der Waals surface area contributed by atoms with E-state index in [-0.39, 0.29) is 11.0 Å². The SMILES string of the molecule is COc1cc(CCCC[C@@]2(c3ccccn3)CCOC3(CCCC3)C2)cnc1Cl. The summed E-state index contributed by atoms with van der Waals surface area (Å²) in [5, 5.41) is 0.425. The van der Waals surface area contributed by atoms with Crippen molar-refractivity contribution < 1.29 is 9.47 Å². The number of methoxy groups -OCH3 is 1. The predicted molar refractivity (Wildman–Crippen MR) is 116 cm³/mol. The molecule has 1 spiro atoms. The number of halogens is 1. The highest BCUT2D eigenvalue weighted by molar-refractivity contribution is 6.30. The first-order valence-corrected chi connectivity index (χ1v) is 11.3. The van der Waals surface area contributed by atoms with Crippen LogP contribution < -0.4 is 4.74 Å². The van der Waals surface area contributed by atoms with Crippen molar-refractivity contribution in [1.82, 2.24) is 9.97 Å². The van der Waals surface area contributed by atoms with Crippen molar-refractivity contribution in [3.8, 4) is 5.75 Å². The van der Waals surface area contributed by atoms with Gasteiger partial charge in [0.1, 0.15) is 0 Å². The lowest BCUT2D eigenvalue weighted by atomic mass is 9.67. The first-order chi connectivity index (χ1) is 14.1. The molecule has 2 aliphatic rings. The van der Waals surface area contributed by atoms with Gasteiger partial charge in [0.2, 0.25) is 0 Å². The lowest BCUT2D eigenvalue weighted by Gasteiger charge is -2.46. The number of hydrogen-bond acceptors (Lipinski definition) is 4. The van der Waals surface area contributed by atoms with Gasteiger partial charge in [0.05, 0.1) is 12.7 Å². The predicted octanol–water partition coefficient (Wildman–Crippen LogP) is 5.91. The lowest BCUT2D eigenvalue weighted by Crippen LogP contribution is -2.46. The molecule has 0 amide bonds. The smallest absolute Gasteiger partial charge is 0.171 e. The Morgan fingerprint density at radius 2 is 2.00 bits per heavy atom. The standard InChI is InChI=1S/C24H31ClN2O2/c1-28-20-16-19(17-27-22(20)25)8-2-4-10-23(21-9-3-7-14-26-21)13-15-29-24(18-23)11-5-6-12-24/h3,7,9,14,16-17H,2,4-6,8,10-13,15,18H2,1H3/t23-/m1/s1. The van der Waals surface area contributed by atoms with Crippen LogP contribution in [-0.4, -0.2) is 29.3 Å². The Morgan fingerprint density at radius 3 is 2.76 bits per heavy atom. The molecule has 1 aliphatic carbocycles. The second-order valence-corrected chi connectivity index (χ2v) is 9.06. The van der Waals surface area contributed by atoms with Crippen molar-refractivity contribution >= 4 is 11.6 Å². The molecule has 5 heteroatoms. The number of unbranched alkanes of at least 4 members (excludes halogenated alkanes) is 1. The van der Waals surface area contributed by atoms with E-state index in [0.717, 1.165) is 45.1 Å². The number of aromatic nitrogens is 2. The van der Waals surface area contributed by atoms with Crippen LogP contribution in [0.3, 0.4) is 0 Å². The van der Waals surface area contributed by atoms with Gasteiger partial charge >= 0.3 is 0 Å². The lowest BCUT2D eigenvalue weighted by molar-refractivity contribution is -0.104. The van der Waals surface area contributed by atoms with Crippen molar-refractivity contribution in [2.45, 2.75) is 75.2 Å². The van der Waals surface area contributed by atoms with E-state index in [0.29, 0.717) is 10.9 Å². The highest BCUT2D eigenvalue weighted by Crippen LogP contribution is 2.50. The van der Waals surface area contributed by atoms with E-state index in [9.17, 15) is 0 Å². The normalized spacial score (nSPS) is 23.4. The molecule has 0 radical (unpaired) electrons. The van der Waals surface area contributed by atoms with Crippen LogP contribution in [0.2, 0.25) is 5.15 Å². The molecule has 4 nitrogen and oxygen atoms in total. The third-order valence-corrected chi connectivity index (χ3v) is 7.11. The van der Waals surface area contributed by atoms with Gasteiger partial charge < -0.3 is 9.47 Å². The average molecular weight is 415 g/mol. The molecule has 156 valence electrons. The summed E-state index contributed by atoms with van der Waals surface area (Å²) in [6.07, 6.45) is 15.4. The zero-order valence-corrected chi connectivity index (χ0v) is 18.1. The van der Waals surface area contributed by atoms with E-state index in [4.69, 9.17) is 26.1 Å². The van der Waals surface area contributed by atoms with Gasteiger partial charge in [-0.15, -0.1) is 0 Å². The molecule has 2 fully saturated rings. The van der Waals surface area contributed by atoms with Gasteiger partial charge in [0.25, 0.3) is 0 Å². The number of nitrogens with zero attached hydrogens (tertiary/aromatic N) is 2. The van der Waals surface area contributed by atoms with Gasteiger partial charge in [-0.05, 0) is 68.7 Å². The highest BCUT2D eigenvalue weighted by atomic mass is 35.5. The fraction of sp³-hybridized carbons (Fsp3) is 0.583. The Hall–Kier alpha value is -1.65. The summed E-state index contributed by atoms with van der Waals surface area (Å²) < 4.78 is 11.7. The molecule has 0 aromatic carbocycles. The Labute approximate surface area is 179 Å². The summed E-state index contributed by atoms with van der Waals surface area (Å²) in [5.41, 5.74) is 2.66. The molecule has 2 aromatic rings. The molecule has 4 rings (SSSR count). The van der Waals surface area contributed by atoms with Crippen LogP contribution in [0.4, 0.5) is 0 Å². The van der Waals surface area contributed by atoms with Gasteiger partial charge in [0.15, 0.2) is 10.9 Å². The van der Waals surface area contributed by atoms with Gasteiger partial charge in [0, 0.05) is 30.1 Å². The minimum Gasteiger partial charge on any atom is -0.494 e. The van der Waals surface area contributed by atoms with E-state index >= 15 is 0 Å². The van der Waals surface area contributed by atoms with E-state index in [1.54, 1.807) is 7.11 Å². The first kappa shape index (κ1) is 20.6. The minimum atomic E-state index is 0.0865. The quantitative estimate of drug-likeness (QED) is 0.417. The minimum absolute atomic E-state index is 0.0865. The Bertz CT molecular complexity index is 808. The fourth-order valence-corrected chi connectivity index (χ4v) is 5.52. The van der Waals surface area contributed by atoms with Crippen molar-refractivity contribution in [2.24, 2.45) is 0 Å². The largest absolute Gasteiger partial charge is 0.494 e. The summed E-state index contributed by atoms with van der Waals surface area (Å²) in [6.45, 7) is 0.856. The molecular weight excluding hydrogens is 384 g/mol. The number of hydrogen-bond donors (Lipinski definition) is 0. The van der Waals surface area contributed by atoms with Crippen LogP contribution in [0.25, 0.3) is 0 Å². The summed E-state index contributed by atoms with van der Waals surface area (Å²) in [4.78, 5) is 9.04. The van der Waals surface area contributed by atoms with E-state index < -0.39 is 0 Å². The molecular formula is C24H31ClN2O2. The van der Waals surface area contributed by atoms with Crippen LogP contribution in [-0.2, 0) is 16.6 Å². The third-order valence-electron chi connectivity index (χ3n) is 6.83. The van der Waals surface area contributed by atoms with Crippen LogP contribution in [0, 0.1) is 0 Å². The Balaban J connectivity index is 1.44. The van der Waals surface area contributed by atoms with Crippen molar-refractivity contribution in [1.29, 1.82) is 0 Å². The molecule has 1 saturated heterocycles. The maximum Gasteiger partial charge on any atom is 0.171 e. The van der Waals surface area contributed by atoms with Crippen LogP contribution in [0.5, 0.6) is 5.75 Å². The summed E-state index contributed by atoms with van der Waals surface area (Å²) in [7, 11) is 1.63. The molecule has 2 aromatic heterocycles. The summed E-state index contributed by atoms with van der Waals surface area (Å²) in [6, 6.07) is 8.38. The summed E-state index contributed by atoms with van der Waals surface area (Å²) in [5.74, 6) is 0.654. The Kier molecular flexibility index (Phi) is 6.41. The molecule has 3 heterocycles. The maximum absolute atomic E-state index is 6.35. The highest BCUT2D eigenvalue weighted by Gasteiger charge is 2.48. The third kappa shape index (κ3) is 4.59. The zero-order valence-electron chi connectivity index (χ0n) is 17.3. The number of aryl methyl sites for hydroxylation is 1. The van der Waals surface area contributed by atoms with Crippen LogP contribution >= 0.6 is 11.6 Å². The van der Waals surface area contributed by atoms with Crippen molar-refractivity contribution in [3.63, 3.8) is 0 Å². The average Bonchev–Trinajstić information content (AvgIpc) is 3.20. The topological polar surface area (TPSA) is 44.2 Å². The molecule has 0 unspecified atom stereocenters. The number of pyridine rings is 2. The van der Waals surface area contributed by atoms with E-state index in [1.165, 1.54) is 36.9 Å². The van der Waals surface area contributed by atoms with Crippen molar-refractivity contribution in [3.05, 3.63) is 53.1 Å². The zero-order chi connectivity index (χ0) is 20.2. The molecule has 1 atom stereocenters. The number of rotatable bonds is 7. The summed E-state index contributed by atoms with van der Waals surface area (Å²) >= 11 is 6.05. The second kappa shape index (κ2) is 9.01. The van der Waals surface area contributed by atoms with E-state index in [2.05, 4.69) is 17.1 Å².